The molecule has 0 saturated carbocycles. The summed E-state index contributed by atoms with van der Waals surface area (Å²) in [4.78, 5) is 24.4. The number of unbranched alkanes of at least 4 members (excludes halogenated alkanes) is 1. The van der Waals surface area contributed by atoms with E-state index in [0.29, 0.717) is 28.1 Å². The SMILES string of the molecule is CCCCOc1ccc(Br)cc1C(=O)NNC(=O)COc1ccc(Br)cc1Br. The molecule has 2 rings (SSSR count). The summed E-state index contributed by atoms with van der Waals surface area (Å²) in [5.41, 5.74) is 5.04. The minimum atomic E-state index is -0.494. The van der Waals surface area contributed by atoms with E-state index in [0.717, 1.165) is 21.8 Å². The Morgan fingerprint density at radius 1 is 0.929 bits per heavy atom. The Labute approximate surface area is 188 Å². The number of amides is 2. The van der Waals surface area contributed by atoms with Crippen LogP contribution in [0, 0.1) is 0 Å². The van der Waals surface area contributed by atoms with Crippen LogP contribution in [0.5, 0.6) is 11.5 Å². The zero-order valence-corrected chi connectivity index (χ0v) is 19.8. The van der Waals surface area contributed by atoms with Crippen LogP contribution in [0.3, 0.4) is 0 Å². The third kappa shape index (κ3) is 7.10. The first-order valence-electron chi connectivity index (χ1n) is 8.50. The fraction of sp³-hybridized carbons (Fsp3) is 0.263. The molecule has 0 aliphatic carbocycles. The number of hydrazine groups is 1. The average Bonchev–Trinajstić information content (AvgIpc) is 2.66. The van der Waals surface area contributed by atoms with Crippen molar-refractivity contribution in [2.45, 2.75) is 19.8 Å². The van der Waals surface area contributed by atoms with Crippen molar-refractivity contribution in [1.29, 1.82) is 0 Å². The summed E-state index contributed by atoms with van der Waals surface area (Å²) in [5, 5.41) is 0. The molecule has 0 unspecified atom stereocenters. The van der Waals surface area contributed by atoms with Crippen LogP contribution in [-0.2, 0) is 4.79 Å². The number of nitrogens with one attached hydrogen (secondary N) is 2. The van der Waals surface area contributed by atoms with E-state index < -0.39 is 11.8 Å². The monoisotopic (exact) mass is 576 g/mol. The third-order valence-corrected chi connectivity index (χ3v) is 5.12. The van der Waals surface area contributed by atoms with E-state index >= 15 is 0 Å². The van der Waals surface area contributed by atoms with E-state index in [1.807, 2.05) is 6.07 Å². The zero-order valence-electron chi connectivity index (χ0n) is 15.1. The highest BCUT2D eigenvalue weighted by Gasteiger charge is 2.15. The Balaban J connectivity index is 1.90. The van der Waals surface area contributed by atoms with Crippen molar-refractivity contribution in [3.05, 3.63) is 55.4 Å². The molecule has 0 aliphatic rings. The van der Waals surface area contributed by atoms with Crippen molar-refractivity contribution < 1.29 is 19.1 Å². The number of rotatable bonds is 8. The predicted octanol–water partition coefficient (Wildman–Crippen LogP) is 4.99. The largest absolute Gasteiger partial charge is 0.493 e. The van der Waals surface area contributed by atoms with E-state index in [9.17, 15) is 9.59 Å². The molecule has 2 amide bonds. The second-order valence-electron chi connectivity index (χ2n) is 5.71. The summed E-state index contributed by atoms with van der Waals surface area (Å²) >= 11 is 10.0. The molecular weight excluding hydrogens is 560 g/mol. The van der Waals surface area contributed by atoms with Crippen LogP contribution in [0.1, 0.15) is 30.1 Å². The van der Waals surface area contributed by atoms with Crippen molar-refractivity contribution in [3.63, 3.8) is 0 Å². The molecular formula is C19H19Br3N2O4. The van der Waals surface area contributed by atoms with Gasteiger partial charge in [-0.05, 0) is 58.7 Å². The van der Waals surface area contributed by atoms with Gasteiger partial charge in [-0.3, -0.25) is 20.4 Å². The van der Waals surface area contributed by atoms with Gasteiger partial charge >= 0.3 is 0 Å². The maximum atomic E-state index is 12.4. The minimum absolute atomic E-state index is 0.251. The molecule has 0 atom stereocenters. The van der Waals surface area contributed by atoms with E-state index in [2.05, 4.69) is 65.6 Å². The maximum Gasteiger partial charge on any atom is 0.276 e. The zero-order chi connectivity index (χ0) is 20.5. The molecule has 0 aromatic heterocycles. The van der Waals surface area contributed by atoms with Gasteiger partial charge < -0.3 is 9.47 Å². The molecule has 0 spiro atoms. The number of hydrogen-bond acceptors (Lipinski definition) is 4. The van der Waals surface area contributed by atoms with Crippen LogP contribution in [0.2, 0.25) is 0 Å². The Bertz CT molecular complexity index is 846. The number of ether oxygens (including phenoxy) is 2. The number of benzene rings is 2. The lowest BCUT2D eigenvalue weighted by Gasteiger charge is -2.13. The second-order valence-corrected chi connectivity index (χ2v) is 8.39. The third-order valence-electron chi connectivity index (χ3n) is 3.51. The molecule has 0 heterocycles. The fourth-order valence-corrected chi connectivity index (χ4v) is 3.62. The molecule has 2 N–H and O–H groups in total. The van der Waals surface area contributed by atoms with Gasteiger partial charge in [0.05, 0.1) is 16.6 Å². The van der Waals surface area contributed by atoms with Crippen molar-refractivity contribution >= 4 is 59.6 Å². The molecule has 0 radical (unpaired) electrons. The quantitative estimate of drug-likeness (QED) is 0.342. The molecule has 9 heteroatoms. The Hall–Kier alpha value is -1.58. The average molecular weight is 579 g/mol. The van der Waals surface area contributed by atoms with E-state index in [1.165, 1.54) is 0 Å². The van der Waals surface area contributed by atoms with E-state index in [4.69, 9.17) is 9.47 Å². The first kappa shape index (κ1) is 22.7. The highest BCUT2D eigenvalue weighted by molar-refractivity contribution is 9.11. The lowest BCUT2D eigenvalue weighted by molar-refractivity contribution is -0.123. The highest BCUT2D eigenvalue weighted by Crippen LogP contribution is 2.28. The Kier molecular flexibility index (Phi) is 9.27. The number of hydrogen-bond donors (Lipinski definition) is 2. The van der Waals surface area contributed by atoms with Crippen molar-refractivity contribution in [2.75, 3.05) is 13.2 Å². The molecule has 0 fully saturated rings. The summed E-state index contributed by atoms with van der Waals surface area (Å²) in [5.74, 6) is -0.000642. The summed E-state index contributed by atoms with van der Waals surface area (Å²) < 4.78 is 13.4. The smallest absolute Gasteiger partial charge is 0.276 e. The lowest BCUT2D eigenvalue weighted by atomic mass is 10.2. The molecule has 0 saturated heterocycles. The van der Waals surface area contributed by atoms with Gasteiger partial charge in [0.1, 0.15) is 11.5 Å². The summed E-state index contributed by atoms with van der Waals surface area (Å²) in [6.45, 7) is 2.32. The number of halogens is 3. The van der Waals surface area contributed by atoms with Gasteiger partial charge in [-0.25, -0.2) is 0 Å². The summed E-state index contributed by atoms with van der Waals surface area (Å²) in [7, 11) is 0. The number of carbonyl (C=O) groups is 2. The summed E-state index contributed by atoms with van der Waals surface area (Å²) in [6.07, 6.45) is 1.87. The Morgan fingerprint density at radius 2 is 1.61 bits per heavy atom. The fourth-order valence-electron chi connectivity index (χ4n) is 2.10. The number of carbonyl (C=O) groups excluding carboxylic acids is 2. The Morgan fingerprint density at radius 3 is 2.29 bits per heavy atom. The van der Waals surface area contributed by atoms with Crippen molar-refractivity contribution in [2.24, 2.45) is 0 Å². The first-order valence-corrected chi connectivity index (χ1v) is 10.9. The highest BCUT2D eigenvalue weighted by atomic mass is 79.9. The van der Waals surface area contributed by atoms with Crippen LogP contribution in [0.4, 0.5) is 0 Å². The van der Waals surface area contributed by atoms with Gasteiger partial charge in [0.25, 0.3) is 11.8 Å². The molecule has 0 aliphatic heterocycles. The van der Waals surface area contributed by atoms with E-state index in [-0.39, 0.29) is 6.61 Å². The topological polar surface area (TPSA) is 76.7 Å². The minimum Gasteiger partial charge on any atom is -0.493 e. The van der Waals surface area contributed by atoms with Crippen molar-refractivity contribution in [3.8, 4) is 11.5 Å². The van der Waals surface area contributed by atoms with Gasteiger partial charge in [-0.1, -0.05) is 45.2 Å². The normalized spacial score (nSPS) is 10.3. The summed E-state index contributed by atoms with van der Waals surface area (Å²) in [6, 6.07) is 10.5. The lowest BCUT2D eigenvalue weighted by Crippen LogP contribution is -2.44. The predicted molar refractivity (Wildman–Crippen MR) is 117 cm³/mol. The van der Waals surface area contributed by atoms with Crippen molar-refractivity contribution in [1.82, 2.24) is 10.9 Å². The molecule has 6 nitrogen and oxygen atoms in total. The second kappa shape index (κ2) is 11.4. The first-order chi connectivity index (χ1) is 13.4. The molecule has 2 aromatic carbocycles. The maximum absolute atomic E-state index is 12.4. The van der Waals surface area contributed by atoms with Gasteiger partial charge in [0.15, 0.2) is 6.61 Å². The van der Waals surface area contributed by atoms with Gasteiger partial charge in [0, 0.05) is 8.95 Å². The molecule has 150 valence electrons. The van der Waals surface area contributed by atoms with Crippen LogP contribution >= 0.6 is 47.8 Å². The van der Waals surface area contributed by atoms with Crippen LogP contribution in [-0.4, -0.2) is 25.0 Å². The standard InChI is InChI=1S/C19H19Br3N2O4/c1-2-3-8-27-16-6-4-12(20)9-14(16)19(26)24-23-18(25)11-28-17-7-5-13(21)10-15(17)22/h4-7,9-10H,2-3,8,11H2,1H3,(H,23,25)(H,24,26). The molecule has 28 heavy (non-hydrogen) atoms. The molecule has 0 bridgehead atoms. The molecule has 2 aromatic rings. The van der Waals surface area contributed by atoms with Gasteiger partial charge in [-0.2, -0.15) is 0 Å². The van der Waals surface area contributed by atoms with Gasteiger partial charge in [0.2, 0.25) is 0 Å². The van der Waals surface area contributed by atoms with Crippen LogP contribution in [0.15, 0.2) is 49.8 Å². The van der Waals surface area contributed by atoms with Gasteiger partial charge in [-0.15, -0.1) is 0 Å². The van der Waals surface area contributed by atoms with Crippen LogP contribution < -0.4 is 20.3 Å². The van der Waals surface area contributed by atoms with Crippen LogP contribution in [0.25, 0.3) is 0 Å². The van der Waals surface area contributed by atoms with E-state index in [1.54, 1.807) is 30.3 Å².